The van der Waals surface area contributed by atoms with E-state index in [2.05, 4.69) is 102 Å². The van der Waals surface area contributed by atoms with Gasteiger partial charge in [0.1, 0.15) is 58.8 Å². The molecule has 109 heavy (non-hydrogen) atoms. The number of anilines is 2. The summed E-state index contributed by atoms with van der Waals surface area (Å²) in [4.78, 5) is 95.7. The Balaban J connectivity index is 0.000000210. The number of aromatic nitrogens is 16. The summed E-state index contributed by atoms with van der Waals surface area (Å²) in [6, 6.07) is 41.7. The zero-order valence-corrected chi connectivity index (χ0v) is 62.2. The average molecular weight is 1560 g/mol. The van der Waals surface area contributed by atoms with Gasteiger partial charge in [-0.05, 0) is 130 Å². The van der Waals surface area contributed by atoms with E-state index in [0.29, 0.717) is 93.7 Å². The van der Waals surface area contributed by atoms with E-state index in [4.69, 9.17) is 66.6 Å². The van der Waals surface area contributed by atoms with Gasteiger partial charge in [0.05, 0.1) is 73.5 Å². The lowest BCUT2D eigenvalue weighted by Crippen LogP contribution is -2.38. The Hall–Kier alpha value is -12.0. The third-order valence-electron chi connectivity index (χ3n) is 16.1. The number of rotatable bonds is 29. The minimum Gasteiger partial charge on any atom is -0.461 e. The Morgan fingerprint density at radius 3 is 1.47 bits per heavy atom. The molecule has 0 radical (unpaired) electrons. The molecule has 6 aromatic heterocycles. The number of carbonyl (C=O) groups excluding carboxylic acids is 5. The molecular weight excluding hydrogens is 1480 g/mol. The summed E-state index contributed by atoms with van der Waals surface area (Å²) in [5.74, 6) is -0.462. The fourth-order valence-corrected chi connectivity index (χ4v) is 11.5. The molecule has 6 aromatic carbocycles. The van der Waals surface area contributed by atoms with E-state index in [1.54, 1.807) is 110 Å². The number of halogens is 4. The average Bonchev–Trinajstić information content (AvgIpc) is 1.69. The largest absolute Gasteiger partial charge is 0.461 e. The van der Waals surface area contributed by atoms with Crippen LogP contribution in [0, 0.1) is 13.8 Å². The number of benzene rings is 6. The molecule has 562 valence electrons. The number of amides is 4. The summed E-state index contributed by atoms with van der Waals surface area (Å²) in [6.07, 6.45) is 8.85. The SMILES string of the molecule is COC(=O)Nc1ccc(-c2nc([C@H](CC(=O)OCc3ccccc3)NC(=O)CCc3cc(Cl)ccc3-n3cnnn3)[nH]c2Cl)cc1.COC(=O)Nc1ccc(-c2nc([C@H](CC(NCc3cnc(C)cn3)OCc3ccccc3)NC(=O)CCc3cc(Cl)ccc3-n3cnnn3)[nH]c2Cl)cc1.Cc1cnc(CN)cn1. The minimum atomic E-state index is -0.888. The van der Waals surface area contributed by atoms with E-state index in [1.807, 2.05) is 74.5 Å². The number of esters is 1. The topological polar surface area (TPSA) is 405 Å². The predicted molar refractivity (Wildman–Crippen MR) is 406 cm³/mol. The van der Waals surface area contributed by atoms with Gasteiger partial charge in [-0.2, -0.15) is 0 Å². The summed E-state index contributed by atoms with van der Waals surface area (Å²) < 4.78 is 24.2. The van der Waals surface area contributed by atoms with Gasteiger partial charge in [0, 0.05) is 89.7 Å². The molecule has 12 rings (SSSR count). The zero-order chi connectivity index (χ0) is 77.0. The van der Waals surface area contributed by atoms with Crippen LogP contribution in [0.25, 0.3) is 33.9 Å². The minimum absolute atomic E-state index is 0.0565. The van der Waals surface area contributed by atoms with E-state index in [1.165, 1.54) is 36.2 Å². The number of hydrogen-bond acceptors (Lipinski definition) is 23. The summed E-state index contributed by atoms with van der Waals surface area (Å²) in [5.41, 5.74) is 16.5. The number of nitrogens with zero attached hydrogens (tertiary/aromatic N) is 14. The van der Waals surface area contributed by atoms with Crippen LogP contribution in [0.4, 0.5) is 21.0 Å². The molecule has 1 unspecified atom stereocenters. The number of aryl methyl sites for hydroxylation is 4. The van der Waals surface area contributed by atoms with Gasteiger partial charge in [0.2, 0.25) is 11.8 Å². The first-order chi connectivity index (χ1) is 52.8. The molecule has 0 bridgehead atoms. The number of H-pyrrole nitrogens is 2. The second-order valence-corrected chi connectivity index (χ2v) is 25.6. The van der Waals surface area contributed by atoms with E-state index >= 15 is 0 Å². The highest BCUT2D eigenvalue weighted by molar-refractivity contribution is 6.32. The van der Waals surface area contributed by atoms with Gasteiger partial charge in [0.15, 0.2) is 0 Å². The summed E-state index contributed by atoms with van der Waals surface area (Å²) in [5, 5.41) is 38.9. The van der Waals surface area contributed by atoms with Crippen LogP contribution >= 0.6 is 46.4 Å². The highest BCUT2D eigenvalue weighted by atomic mass is 35.5. The molecule has 0 saturated carbocycles. The Morgan fingerprint density at radius 1 is 0.550 bits per heavy atom. The van der Waals surface area contributed by atoms with Crippen molar-refractivity contribution in [1.29, 1.82) is 0 Å². The maximum absolute atomic E-state index is 13.8. The van der Waals surface area contributed by atoms with Crippen molar-refractivity contribution in [1.82, 2.24) is 96.2 Å². The fraction of sp³-hybridized carbons (Fsp3) is 0.230. The number of tetrazole rings is 2. The Bertz CT molecular complexity index is 4920. The Kier molecular flexibility index (Phi) is 29.3. The quantitative estimate of drug-likeness (QED) is 0.0123. The van der Waals surface area contributed by atoms with Crippen LogP contribution in [0.15, 0.2) is 183 Å². The van der Waals surface area contributed by atoms with Crippen molar-refractivity contribution in [3.63, 3.8) is 0 Å². The number of nitrogens with two attached hydrogens (primary N) is 1. The highest BCUT2D eigenvalue weighted by Crippen LogP contribution is 2.33. The van der Waals surface area contributed by atoms with E-state index < -0.39 is 36.5 Å². The Labute approximate surface area is 644 Å². The van der Waals surface area contributed by atoms with Crippen molar-refractivity contribution in [2.75, 3.05) is 24.9 Å². The number of imidazole rings is 2. The molecule has 0 saturated heterocycles. The van der Waals surface area contributed by atoms with Gasteiger partial charge in [-0.3, -0.25) is 50.3 Å². The molecule has 4 amide bonds. The molecule has 3 atom stereocenters. The van der Waals surface area contributed by atoms with Crippen LogP contribution in [0.3, 0.4) is 0 Å². The first kappa shape index (κ1) is 79.6. The van der Waals surface area contributed by atoms with Crippen LogP contribution < -0.4 is 32.3 Å². The van der Waals surface area contributed by atoms with Crippen molar-refractivity contribution >= 4 is 87.7 Å². The highest BCUT2D eigenvalue weighted by Gasteiger charge is 2.28. The third-order valence-corrected chi connectivity index (χ3v) is 17.1. The van der Waals surface area contributed by atoms with Gasteiger partial charge in [0.25, 0.3) is 0 Å². The number of methoxy groups -OCH3 is 2. The van der Waals surface area contributed by atoms with Crippen LogP contribution in [0.1, 0.15) is 94.4 Å². The van der Waals surface area contributed by atoms with Crippen molar-refractivity contribution in [2.24, 2.45) is 5.73 Å². The lowest BCUT2D eigenvalue weighted by Gasteiger charge is -2.25. The van der Waals surface area contributed by atoms with Crippen molar-refractivity contribution < 1.29 is 42.9 Å². The molecule has 0 spiro atoms. The molecule has 0 aliphatic carbocycles. The van der Waals surface area contributed by atoms with E-state index in [0.717, 1.165) is 45.0 Å². The second-order valence-electron chi connectivity index (χ2n) is 24.0. The van der Waals surface area contributed by atoms with E-state index in [-0.39, 0.29) is 60.2 Å². The molecule has 0 aliphatic heterocycles. The Morgan fingerprint density at radius 2 is 1.02 bits per heavy atom. The van der Waals surface area contributed by atoms with Crippen LogP contribution in [0.2, 0.25) is 20.4 Å². The molecule has 6 heterocycles. The fourth-order valence-electron chi connectivity index (χ4n) is 10.6. The second kappa shape index (κ2) is 40.1. The van der Waals surface area contributed by atoms with Crippen LogP contribution in [-0.2, 0) is 72.5 Å². The van der Waals surface area contributed by atoms with Gasteiger partial charge in [-0.1, -0.05) is 131 Å². The maximum Gasteiger partial charge on any atom is 0.411 e. The third kappa shape index (κ3) is 24.3. The number of carbonyl (C=O) groups is 5. The lowest BCUT2D eigenvalue weighted by atomic mass is 10.1. The standard InChI is InChI=1S/C37H37Cl2N11O4.C31H28Cl2N8O5.C6H9N3/c1-23-18-41-29(19-40-23)20-42-33(54-21-24-6-4-3-5-7-24)17-30(36-46-34(35(39)47-36)25-8-12-28(13-9-25)44-37(52)53-2)45-32(51)15-10-26-16-27(38)11-14-31(26)50-22-43-48-49-50;1-45-31(44)35-23-11-7-20(8-12-23)28-29(33)38-30(37-28)24(16-27(43)46-17-19-5-3-2-4-6-19)36-26(42)14-9-21-15-22(32)10-13-25(21)41-18-34-39-40-41;1-5-3-9-6(2-7)4-8-5/h3-9,11-14,16,18-19,22,30,33,42H,10,15,17,20-21H2,1-2H3,(H,44,52)(H,45,51)(H,46,47);2-8,10-13,15,18,24H,9,14,16-17H2,1H3,(H,35,44)(H,36,42)(H,37,38);3-4H,2,7H2,1H3/t30-,33?;24-;/m00./s1. The van der Waals surface area contributed by atoms with Gasteiger partial charge < -0.3 is 45.3 Å². The normalized spacial score (nSPS) is 11.7. The van der Waals surface area contributed by atoms with E-state index in [9.17, 15) is 24.0 Å². The molecule has 12 aromatic rings. The molecular formula is C74H74Cl4N22O9. The van der Waals surface area contributed by atoms with Crippen molar-refractivity contribution in [2.45, 2.75) is 97.0 Å². The number of aromatic amines is 2. The molecule has 35 heteroatoms. The smallest absolute Gasteiger partial charge is 0.411 e. The van der Waals surface area contributed by atoms with Crippen LogP contribution in [-0.4, -0.2) is 131 Å². The van der Waals surface area contributed by atoms with Gasteiger partial charge in [-0.15, -0.1) is 10.2 Å². The number of ether oxygens (including phenoxy) is 4. The van der Waals surface area contributed by atoms with Gasteiger partial charge in [-0.25, -0.2) is 28.9 Å². The summed E-state index contributed by atoms with van der Waals surface area (Å²) >= 11 is 25.9. The van der Waals surface area contributed by atoms with Gasteiger partial charge >= 0.3 is 18.2 Å². The predicted octanol–water partition coefficient (Wildman–Crippen LogP) is 11.9. The number of hydrogen-bond donors (Lipinski definition) is 8. The zero-order valence-electron chi connectivity index (χ0n) is 59.1. The van der Waals surface area contributed by atoms with Crippen molar-refractivity contribution in [3.8, 4) is 33.9 Å². The van der Waals surface area contributed by atoms with Crippen molar-refractivity contribution in [3.05, 3.63) is 260 Å². The lowest BCUT2D eigenvalue weighted by molar-refractivity contribution is -0.145. The number of nitrogens with one attached hydrogen (secondary N) is 7. The molecule has 0 fully saturated rings. The first-order valence-corrected chi connectivity index (χ1v) is 35.2. The molecule has 0 aliphatic rings. The summed E-state index contributed by atoms with van der Waals surface area (Å²) in [7, 11) is 2.56. The molecule has 9 N–H and O–H groups in total. The molecule has 31 nitrogen and oxygen atoms in total. The first-order valence-electron chi connectivity index (χ1n) is 33.7. The maximum atomic E-state index is 13.8. The summed E-state index contributed by atoms with van der Waals surface area (Å²) in [6.45, 7) is 4.98. The monoisotopic (exact) mass is 1550 g/mol. The van der Waals surface area contributed by atoms with Crippen LogP contribution in [0.5, 0.6) is 0 Å².